The van der Waals surface area contributed by atoms with Gasteiger partial charge in [0.15, 0.2) is 0 Å². The summed E-state index contributed by atoms with van der Waals surface area (Å²) in [6, 6.07) is 30.7. The minimum atomic E-state index is -0.360. The summed E-state index contributed by atoms with van der Waals surface area (Å²) in [6.07, 6.45) is 5.60. The third kappa shape index (κ3) is 10.7. The highest BCUT2D eigenvalue weighted by Crippen LogP contribution is 2.29. The average Bonchev–Trinajstić information content (AvgIpc) is 3.90. The number of carbonyl (C=O) groups is 4. The molecule has 8 rings (SSSR count). The molecule has 0 atom stereocenters. The maximum absolute atomic E-state index is 12.3. The number of carbonyl (C=O) groups excluding carboxylic acids is 4. The van der Waals surface area contributed by atoms with Crippen molar-refractivity contribution in [2.45, 2.75) is 6.42 Å². The molecular formula is C44H40N10O7. The summed E-state index contributed by atoms with van der Waals surface area (Å²) in [7, 11) is 4.94. The van der Waals surface area contributed by atoms with E-state index >= 15 is 0 Å². The van der Waals surface area contributed by atoms with E-state index in [-0.39, 0.29) is 35.3 Å². The first kappa shape index (κ1) is 40.7. The minimum Gasteiger partial charge on any atom is -0.493 e. The first-order chi connectivity index (χ1) is 29.6. The van der Waals surface area contributed by atoms with Crippen molar-refractivity contribution in [1.82, 2.24) is 30.4 Å². The molecule has 1 aliphatic rings. The van der Waals surface area contributed by atoms with Crippen LogP contribution >= 0.6 is 0 Å². The molecule has 4 heterocycles. The second-order valence-electron chi connectivity index (χ2n) is 13.3. The predicted octanol–water partition coefficient (Wildman–Crippen LogP) is 7.58. The van der Waals surface area contributed by atoms with Gasteiger partial charge in [-0.25, -0.2) is 9.59 Å². The highest BCUT2D eigenvalue weighted by Gasteiger charge is 2.14. The number of nitrogens with one attached hydrogen (secondary N) is 6. The van der Waals surface area contributed by atoms with E-state index in [0.29, 0.717) is 52.4 Å². The molecule has 0 fully saturated rings. The number of fused-ring (bicyclic) bond motifs is 2. The van der Waals surface area contributed by atoms with Crippen molar-refractivity contribution in [3.05, 3.63) is 145 Å². The van der Waals surface area contributed by atoms with Crippen molar-refractivity contribution < 1.29 is 33.4 Å². The maximum Gasteiger partial charge on any atom is 0.323 e. The molecule has 0 bridgehead atoms. The number of ether oxygens (including phenoxy) is 3. The normalized spacial score (nSPS) is 11.1. The highest BCUT2D eigenvalue weighted by molar-refractivity contribution is 6.01. The molecule has 0 saturated carbocycles. The molecule has 6 N–H and O–H groups in total. The zero-order chi connectivity index (χ0) is 42.7. The summed E-state index contributed by atoms with van der Waals surface area (Å²) >= 11 is 0. The molecule has 0 radical (unpaired) electrons. The Hall–Kier alpha value is -8.47. The first-order valence-electron chi connectivity index (χ1n) is 18.9. The van der Waals surface area contributed by atoms with E-state index < -0.39 is 0 Å². The third-order valence-corrected chi connectivity index (χ3v) is 9.03. The van der Waals surface area contributed by atoms with Crippen LogP contribution < -0.4 is 46.1 Å². The van der Waals surface area contributed by atoms with Gasteiger partial charge in [0.2, 0.25) is 0 Å². The van der Waals surface area contributed by atoms with E-state index in [4.69, 9.17) is 14.2 Å². The Morgan fingerprint density at radius 3 is 1.62 bits per heavy atom. The molecule has 17 heteroatoms. The van der Waals surface area contributed by atoms with Gasteiger partial charge in [0, 0.05) is 80.2 Å². The number of nitrogens with zero attached hydrogens (tertiary/aromatic N) is 4. The topological polar surface area (TPSA) is 212 Å². The van der Waals surface area contributed by atoms with Crippen molar-refractivity contribution in [3.63, 3.8) is 0 Å². The molecule has 4 aromatic carbocycles. The van der Waals surface area contributed by atoms with Crippen LogP contribution in [0, 0.1) is 0 Å². The van der Waals surface area contributed by atoms with E-state index in [2.05, 4.69) is 47.0 Å². The second kappa shape index (κ2) is 18.9. The zero-order valence-corrected chi connectivity index (χ0v) is 33.2. The number of anilines is 4. The molecule has 6 amide bonds. The van der Waals surface area contributed by atoms with Crippen molar-refractivity contribution in [3.8, 4) is 28.7 Å². The van der Waals surface area contributed by atoms with Crippen LogP contribution in [0.1, 0.15) is 26.5 Å². The van der Waals surface area contributed by atoms with Crippen LogP contribution in [0.25, 0.3) is 10.9 Å². The molecule has 0 unspecified atom stereocenters. The Bertz CT molecular complexity index is 2700. The fourth-order valence-corrected chi connectivity index (χ4v) is 6.03. The summed E-state index contributed by atoms with van der Waals surface area (Å²) < 4.78 is 18.7. The van der Waals surface area contributed by atoms with Crippen LogP contribution in [0.4, 0.5) is 32.3 Å². The van der Waals surface area contributed by atoms with Gasteiger partial charge in [-0.05, 0) is 103 Å². The minimum absolute atomic E-state index is 0.263. The first-order valence-corrected chi connectivity index (χ1v) is 18.9. The lowest BCUT2D eigenvalue weighted by Crippen LogP contribution is -2.19. The van der Waals surface area contributed by atoms with Gasteiger partial charge in [0.05, 0.1) is 18.3 Å². The number of pyridine rings is 2. The number of rotatable bonds is 10. The van der Waals surface area contributed by atoms with Gasteiger partial charge in [0.1, 0.15) is 40.1 Å². The number of hydrogen-bond donors (Lipinski definition) is 6. The van der Waals surface area contributed by atoms with Crippen LogP contribution in [-0.2, 0) is 13.5 Å². The summed E-state index contributed by atoms with van der Waals surface area (Å²) in [6.45, 7) is 0.673. The number of aromatic nitrogens is 4. The van der Waals surface area contributed by atoms with Crippen LogP contribution in [0.15, 0.2) is 128 Å². The lowest BCUT2D eigenvalue weighted by molar-refractivity contribution is 0.0950. The van der Waals surface area contributed by atoms with Gasteiger partial charge in [0.25, 0.3) is 11.8 Å². The lowest BCUT2D eigenvalue weighted by Gasteiger charge is -2.10. The van der Waals surface area contributed by atoms with Crippen molar-refractivity contribution in [2.24, 2.45) is 7.05 Å². The zero-order valence-electron chi connectivity index (χ0n) is 33.2. The van der Waals surface area contributed by atoms with Crippen LogP contribution in [0.3, 0.4) is 0 Å². The molecular weight excluding hydrogens is 781 g/mol. The molecule has 7 aromatic rings. The maximum atomic E-state index is 12.3. The predicted molar refractivity (Wildman–Crippen MR) is 230 cm³/mol. The van der Waals surface area contributed by atoms with E-state index in [9.17, 15) is 19.2 Å². The Morgan fingerprint density at radius 2 is 1.08 bits per heavy atom. The van der Waals surface area contributed by atoms with Crippen LogP contribution in [-0.4, -0.2) is 64.3 Å². The van der Waals surface area contributed by atoms with Gasteiger partial charge in [-0.3, -0.25) is 24.2 Å². The van der Waals surface area contributed by atoms with Gasteiger partial charge < -0.3 is 46.1 Å². The van der Waals surface area contributed by atoms with E-state index in [1.165, 1.54) is 26.5 Å². The van der Waals surface area contributed by atoms with Crippen LogP contribution in [0.5, 0.6) is 28.7 Å². The molecule has 0 aliphatic carbocycles. The summed E-state index contributed by atoms with van der Waals surface area (Å²) in [5.74, 6) is 2.38. The van der Waals surface area contributed by atoms with Gasteiger partial charge in [-0.15, -0.1) is 0 Å². The van der Waals surface area contributed by atoms with E-state index in [1.807, 2.05) is 43.4 Å². The molecule has 308 valence electrons. The molecule has 0 saturated heterocycles. The fourth-order valence-electron chi connectivity index (χ4n) is 6.03. The van der Waals surface area contributed by atoms with Gasteiger partial charge in [-0.2, -0.15) is 5.10 Å². The Labute approximate surface area is 349 Å². The lowest BCUT2D eigenvalue weighted by atomic mass is 10.1. The number of benzene rings is 4. The molecule has 1 aliphatic heterocycles. The van der Waals surface area contributed by atoms with E-state index in [1.54, 1.807) is 83.7 Å². The SMILES string of the molecule is CNC(=O)c1cc(Oc2ccc(NC(=O)Nc3ccc4c(c3)CCO4)cc2)ccn1.CNC(=O)c1cc(Oc2ccc(NC(=O)Nc3ccc4c(cnn4C)c3)cc2)ccn1. The molecule has 0 spiro atoms. The number of aryl methyl sites for hydroxylation is 1. The largest absolute Gasteiger partial charge is 0.493 e. The fraction of sp³-hybridized carbons (Fsp3) is 0.114. The van der Waals surface area contributed by atoms with Gasteiger partial charge in [-0.1, -0.05) is 0 Å². The third-order valence-electron chi connectivity index (χ3n) is 9.03. The quantitative estimate of drug-likeness (QED) is 0.0796. The molecule has 17 nitrogen and oxygen atoms in total. The molecule has 61 heavy (non-hydrogen) atoms. The van der Waals surface area contributed by atoms with Gasteiger partial charge >= 0.3 is 12.1 Å². The summed E-state index contributed by atoms with van der Waals surface area (Å²) in [5.41, 5.74) is 5.20. The smallest absolute Gasteiger partial charge is 0.323 e. The van der Waals surface area contributed by atoms with Crippen molar-refractivity contribution in [2.75, 3.05) is 42.0 Å². The average molecular weight is 821 g/mol. The molecule has 3 aromatic heterocycles. The summed E-state index contributed by atoms with van der Waals surface area (Å²) in [5, 5.41) is 21.3. The number of amides is 6. The van der Waals surface area contributed by atoms with E-state index in [0.717, 1.165) is 28.6 Å². The second-order valence-corrected chi connectivity index (χ2v) is 13.3. The Morgan fingerprint density at radius 1 is 0.590 bits per heavy atom. The van der Waals surface area contributed by atoms with Crippen molar-refractivity contribution >= 4 is 57.5 Å². The summed E-state index contributed by atoms with van der Waals surface area (Å²) in [4.78, 5) is 55.9. The van der Waals surface area contributed by atoms with Crippen LogP contribution in [0.2, 0.25) is 0 Å². The highest BCUT2D eigenvalue weighted by atomic mass is 16.5. The number of hydrogen-bond acceptors (Lipinski definition) is 10. The Balaban J connectivity index is 0.000000184. The Kier molecular flexibility index (Phi) is 12.6. The van der Waals surface area contributed by atoms with Crippen molar-refractivity contribution in [1.29, 1.82) is 0 Å². The monoisotopic (exact) mass is 820 g/mol. The standard InChI is InChI=1S/C22H20N6O3.C22H20N4O4/c1-23-21(29)19-12-18(9-10-24-19)31-17-6-3-15(4-7-17)26-22(30)27-16-5-8-20-14(11-16)13-25-28(20)2;1-23-21(27)19-13-18(8-10-24-19)30-17-5-2-15(3-6-17)25-22(28)26-16-4-7-20-14(12-16)9-11-29-20/h3-13H,1-2H3,(H,23,29)(H2,26,27,30);2-8,10,12-13H,9,11H2,1H3,(H,23,27)(H2,25,26,28). The number of urea groups is 2.